The van der Waals surface area contributed by atoms with Crippen LogP contribution in [0, 0.1) is 35.4 Å². The summed E-state index contributed by atoms with van der Waals surface area (Å²) in [6.45, 7) is 1.97. The Morgan fingerprint density at radius 1 is 1.16 bits per heavy atom. The van der Waals surface area contributed by atoms with Crippen LogP contribution in [0.4, 0.5) is 4.39 Å². The monoisotopic (exact) mass is 419 g/mol. The Bertz CT molecular complexity index is 1030. The molecule has 4 nitrogen and oxygen atoms in total. The number of aromatic nitrogens is 1. The van der Waals surface area contributed by atoms with Crippen molar-refractivity contribution < 1.29 is 18.7 Å². The Hall–Kier alpha value is -2.82. The van der Waals surface area contributed by atoms with Crippen LogP contribution in [0.2, 0.25) is 0 Å². The summed E-state index contributed by atoms with van der Waals surface area (Å²) in [5.41, 5.74) is 2.45. The van der Waals surface area contributed by atoms with Crippen LogP contribution >= 0.6 is 0 Å². The molecule has 2 heterocycles. The number of benzene rings is 1. The number of nitrogens with zero attached hydrogens (tertiary/aromatic N) is 1. The Kier molecular flexibility index (Phi) is 5.20. The van der Waals surface area contributed by atoms with Crippen molar-refractivity contribution in [1.29, 1.82) is 0 Å². The highest BCUT2D eigenvalue weighted by Crippen LogP contribution is 2.53. The topological polar surface area (TPSA) is 56.3 Å². The summed E-state index contributed by atoms with van der Waals surface area (Å²) in [6, 6.07) is 10.3. The molecule has 3 aliphatic rings. The molecule has 3 fully saturated rings. The summed E-state index contributed by atoms with van der Waals surface area (Å²) >= 11 is 0. The summed E-state index contributed by atoms with van der Waals surface area (Å²) < 4.78 is 19.1. The van der Waals surface area contributed by atoms with Crippen molar-refractivity contribution in [1.82, 2.24) is 4.98 Å². The second-order valence-corrected chi connectivity index (χ2v) is 9.19. The number of ketones is 1. The SMILES string of the molecule is C[C@H]1OC(=O)[C@@H]2C[C@@H]3CCC(=O)C[C@H]3[C@H](/C=C/c3ccc(-c4cccc(F)c4)cn3)[C@H]12. The summed E-state index contributed by atoms with van der Waals surface area (Å²) in [4.78, 5) is 29.2. The normalized spacial score (nSPS) is 32.6. The molecule has 5 rings (SSSR count). The van der Waals surface area contributed by atoms with Crippen molar-refractivity contribution in [3.8, 4) is 11.1 Å². The number of cyclic esters (lactones) is 1. The van der Waals surface area contributed by atoms with Crippen LogP contribution < -0.4 is 0 Å². The molecule has 0 radical (unpaired) electrons. The Labute approximate surface area is 181 Å². The molecule has 0 N–H and O–H groups in total. The molecule has 2 aliphatic carbocycles. The largest absolute Gasteiger partial charge is 0.462 e. The predicted octanol–water partition coefficient (Wildman–Crippen LogP) is 5.08. The second kappa shape index (κ2) is 8.03. The van der Waals surface area contributed by atoms with Gasteiger partial charge in [0.05, 0.1) is 11.6 Å². The average molecular weight is 419 g/mol. The van der Waals surface area contributed by atoms with Gasteiger partial charge in [-0.1, -0.05) is 24.3 Å². The quantitative estimate of drug-likeness (QED) is 0.651. The van der Waals surface area contributed by atoms with Gasteiger partial charge in [0, 0.05) is 30.5 Å². The Morgan fingerprint density at radius 3 is 2.81 bits per heavy atom. The maximum Gasteiger partial charge on any atom is 0.309 e. The average Bonchev–Trinajstić information content (AvgIpc) is 3.05. The number of hydrogen-bond donors (Lipinski definition) is 0. The predicted molar refractivity (Wildman–Crippen MR) is 115 cm³/mol. The number of carbonyl (C=O) groups is 2. The molecule has 2 saturated carbocycles. The number of allylic oxidation sites excluding steroid dienone is 1. The highest BCUT2D eigenvalue weighted by atomic mass is 19.1. The van der Waals surface area contributed by atoms with Crippen LogP contribution in [0.5, 0.6) is 0 Å². The van der Waals surface area contributed by atoms with Gasteiger partial charge in [-0.2, -0.15) is 0 Å². The molecule has 5 heteroatoms. The number of hydrogen-bond acceptors (Lipinski definition) is 4. The molecule has 6 atom stereocenters. The zero-order valence-electron chi connectivity index (χ0n) is 17.5. The lowest BCUT2D eigenvalue weighted by atomic mass is 9.57. The molecule has 1 aromatic heterocycles. The molecule has 0 amide bonds. The molecular formula is C26H26FNO3. The third-order valence-corrected chi connectivity index (χ3v) is 7.40. The fourth-order valence-corrected chi connectivity index (χ4v) is 5.94. The third-order valence-electron chi connectivity index (χ3n) is 7.40. The van der Waals surface area contributed by atoms with Crippen molar-refractivity contribution in [2.75, 3.05) is 0 Å². The summed E-state index contributed by atoms with van der Waals surface area (Å²) in [5, 5.41) is 0. The Morgan fingerprint density at radius 2 is 2.03 bits per heavy atom. The van der Waals surface area contributed by atoms with E-state index in [2.05, 4.69) is 11.1 Å². The van der Waals surface area contributed by atoms with Crippen molar-refractivity contribution in [3.05, 3.63) is 60.2 Å². The van der Waals surface area contributed by atoms with Crippen LogP contribution in [0.3, 0.4) is 0 Å². The smallest absolute Gasteiger partial charge is 0.309 e. The lowest BCUT2D eigenvalue weighted by Crippen LogP contribution is -2.44. The fourth-order valence-electron chi connectivity index (χ4n) is 5.94. The molecule has 1 aliphatic heterocycles. The minimum absolute atomic E-state index is 0.0672. The standard InChI is InChI=1S/C26H26FNO3/c1-15-25-22(23-13-21(29)9-6-17(23)12-24(25)26(30)31-15)10-8-20-7-5-18(14-28-20)16-3-2-4-19(27)11-16/h2-5,7-8,10-11,14-15,17,22-25H,6,9,12-13H2,1H3/b10-8+/t15-,17+,22+,23-,24-,25+/m1/s1. The highest BCUT2D eigenvalue weighted by molar-refractivity contribution is 5.80. The minimum Gasteiger partial charge on any atom is -0.462 e. The zero-order chi connectivity index (χ0) is 21.5. The van der Waals surface area contributed by atoms with Crippen LogP contribution in [0.15, 0.2) is 48.7 Å². The second-order valence-electron chi connectivity index (χ2n) is 9.19. The first kappa shape index (κ1) is 20.1. The van der Waals surface area contributed by atoms with Crippen LogP contribution in [0.25, 0.3) is 17.2 Å². The van der Waals surface area contributed by atoms with Gasteiger partial charge >= 0.3 is 5.97 Å². The number of esters is 1. The van der Waals surface area contributed by atoms with Gasteiger partial charge in [0.1, 0.15) is 17.7 Å². The van der Waals surface area contributed by atoms with Crippen molar-refractivity contribution in [2.24, 2.45) is 29.6 Å². The van der Waals surface area contributed by atoms with E-state index in [1.807, 2.05) is 31.2 Å². The van der Waals surface area contributed by atoms with Gasteiger partial charge in [-0.25, -0.2) is 4.39 Å². The molecule has 0 spiro atoms. The van der Waals surface area contributed by atoms with Crippen LogP contribution in [-0.2, 0) is 14.3 Å². The lowest BCUT2D eigenvalue weighted by Gasteiger charge is -2.45. The first-order chi connectivity index (χ1) is 15.0. The van der Waals surface area contributed by atoms with E-state index in [-0.39, 0.29) is 41.6 Å². The van der Waals surface area contributed by atoms with E-state index in [0.29, 0.717) is 24.5 Å². The molecule has 1 aromatic carbocycles. The van der Waals surface area contributed by atoms with E-state index >= 15 is 0 Å². The van der Waals surface area contributed by atoms with Gasteiger partial charge < -0.3 is 4.74 Å². The molecule has 0 bridgehead atoms. The number of pyridine rings is 1. The number of ether oxygens (including phenoxy) is 1. The van der Waals surface area contributed by atoms with Crippen molar-refractivity contribution >= 4 is 17.8 Å². The number of carbonyl (C=O) groups excluding carboxylic acids is 2. The molecule has 1 saturated heterocycles. The van der Waals surface area contributed by atoms with Gasteiger partial charge in [-0.3, -0.25) is 14.6 Å². The van der Waals surface area contributed by atoms with Gasteiger partial charge in [-0.15, -0.1) is 0 Å². The summed E-state index contributed by atoms with van der Waals surface area (Å²) in [7, 11) is 0. The van der Waals surface area contributed by atoms with E-state index in [1.54, 1.807) is 12.3 Å². The lowest BCUT2D eigenvalue weighted by molar-refractivity contribution is -0.144. The van der Waals surface area contributed by atoms with Crippen molar-refractivity contribution in [3.63, 3.8) is 0 Å². The van der Waals surface area contributed by atoms with E-state index in [4.69, 9.17) is 4.74 Å². The highest BCUT2D eigenvalue weighted by Gasteiger charge is 2.54. The fraction of sp³-hybridized carbons (Fsp3) is 0.423. The molecule has 31 heavy (non-hydrogen) atoms. The zero-order valence-corrected chi connectivity index (χ0v) is 17.5. The number of Topliss-reactive ketones (excluding diaryl/α,β-unsaturated/α-hetero) is 1. The minimum atomic E-state index is -0.271. The Balaban J connectivity index is 1.41. The van der Waals surface area contributed by atoms with Gasteiger partial charge in [-0.05, 0) is 67.4 Å². The van der Waals surface area contributed by atoms with Crippen LogP contribution in [0.1, 0.15) is 38.3 Å². The molecule has 0 unspecified atom stereocenters. The molecular weight excluding hydrogens is 393 g/mol. The van der Waals surface area contributed by atoms with E-state index in [0.717, 1.165) is 29.7 Å². The van der Waals surface area contributed by atoms with Gasteiger partial charge in [0.15, 0.2) is 0 Å². The maximum atomic E-state index is 13.5. The maximum absolute atomic E-state index is 13.5. The van der Waals surface area contributed by atoms with E-state index < -0.39 is 0 Å². The first-order valence-corrected chi connectivity index (χ1v) is 11.1. The third kappa shape index (κ3) is 3.82. The number of halogens is 1. The molecule has 2 aromatic rings. The number of rotatable bonds is 3. The summed E-state index contributed by atoms with van der Waals surface area (Å²) in [6.07, 6.45) is 8.70. The number of fused-ring (bicyclic) bond motifs is 2. The van der Waals surface area contributed by atoms with E-state index in [1.165, 1.54) is 12.1 Å². The van der Waals surface area contributed by atoms with Gasteiger partial charge in [0.25, 0.3) is 0 Å². The van der Waals surface area contributed by atoms with E-state index in [9.17, 15) is 14.0 Å². The van der Waals surface area contributed by atoms with Gasteiger partial charge in [0.2, 0.25) is 0 Å². The van der Waals surface area contributed by atoms with Crippen molar-refractivity contribution in [2.45, 2.75) is 38.7 Å². The summed E-state index contributed by atoms with van der Waals surface area (Å²) in [5.74, 6) is 0.811. The van der Waals surface area contributed by atoms with Crippen LogP contribution in [-0.4, -0.2) is 22.8 Å². The first-order valence-electron chi connectivity index (χ1n) is 11.1. The molecule has 160 valence electrons.